The maximum Gasteiger partial charge on any atom is 0.347 e. The van der Waals surface area contributed by atoms with E-state index in [1.807, 2.05) is 19.1 Å². The second-order valence-corrected chi connectivity index (χ2v) is 5.50. The van der Waals surface area contributed by atoms with Crippen molar-refractivity contribution in [2.75, 3.05) is 11.9 Å². The van der Waals surface area contributed by atoms with Gasteiger partial charge in [0.2, 0.25) is 0 Å². The molecule has 0 saturated carbocycles. The van der Waals surface area contributed by atoms with Gasteiger partial charge in [0, 0.05) is 6.07 Å². The SMILES string of the molecule is Cc1ccc(OC(C)C(=O)OCC(=O)Nc2ccccc2[N+](=O)[O-])cc1. The number of carbonyl (C=O) groups is 2. The lowest BCUT2D eigenvalue weighted by molar-refractivity contribution is -0.383. The largest absolute Gasteiger partial charge is 0.479 e. The first-order valence-electron chi connectivity index (χ1n) is 7.80. The van der Waals surface area contributed by atoms with Crippen LogP contribution in [0.1, 0.15) is 12.5 Å². The predicted octanol–water partition coefficient (Wildman–Crippen LogP) is 2.85. The number of esters is 1. The fourth-order valence-corrected chi connectivity index (χ4v) is 2.05. The molecule has 0 aromatic heterocycles. The van der Waals surface area contributed by atoms with E-state index in [-0.39, 0.29) is 11.4 Å². The molecule has 2 aromatic rings. The van der Waals surface area contributed by atoms with Crippen LogP contribution in [0.25, 0.3) is 0 Å². The minimum absolute atomic E-state index is 0.0301. The Hall–Kier alpha value is -3.42. The van der Waals surface area contributed by atoms with Gasteiger partial charge in [0.1, 0.15) is 11.4 Å². The number of nitro groups is 1. The minimum atomic E-state index is -0.906. The molecule has 0 bridgehead atoms. The topological polar surface area (TPSA) is 108 Å². The predicted molar refractivity (Wildman–Crippen MR) is 94.0 cm³/mol. The molecule has 0 heterocycles. The third kappa shape index (κ3) is 5.30. The molecule has 8 nitrogen and oxygen atoms in total. The van der Waals surface area contributed by atoms with Gasteiger partial charge < -0.3 is 14.8 Å². The summed E-state index contributed by atoms with van der Waals surface area (Å²) in [5, 5.41) is 13.2. The zero-order valence-electron chi connectivity index (χ0n) is 14.3. The molecule has 1 unspecified atom stereocenters. The van der Waals surface area contributed by atoms with Crippen molar-refractivity contribution in [1.82, 2.24) is 0 Å². The van der Waals surface area contributed by atoms with E-state index in [0.717, 1.165) is 5.56 Å². The smallest absolute Gasteiger partial charge is 0.347 e. The number of carbonyl (C=O) groups excluding carboxylic acids is 2. The maximum atomic E-state index is 11.9. The number of nitro benzene ring substituents is 1. The van der Waals surface area contributed by atoms with Crippen molar-refractivity contribution in [2.24, 2.45) is 0 Å². The van der Waals surface area contributed by atoms with Gasteiger partial charge in [-0.25, -0.2) is 4.79 Å². The Labute approximate surface area is 149 Å². The van der Waals surface area contributed by atoms with E-state index in [9.17, 15) is 19.7 Å². The van der Waals surface area contributed by atoms with Crippen molar-refractivity contribution in [2.45, 2.75) is 20.0 Å². The second kappa shape index (κ2) is 8.61. The van der Waals surface area contributed by atoms with E-state index in [1.165, 1.54) is 25.1 Å². The lowest BCUT2D eigenvalue weighted by atomic mass is 10.2. The van der Waals surface area contributed by atoms with Gasteiger partial charge in [0.25, 0.3) is 11.6 Å². The van der Waals surface area contributed by atoms with E-state index in [1.54, 1.807) is 18.2 Å². The molecule has 136 valence electrons. The summed E-state index contributed by atoms with van der Waals surface area (Å²) in [7, 11) is 0. The van der Waals surface area contributed by atoms with Crippen LogP contribution in [0.5, 0.6) is 5.75 Å². The normalized spacial score (nSPS) is 11.3. The first-order chi connectivity index (χ1) is 12.4. The summed E-state index contributed by atoms with van der Waals surface area (Å²) in [4.78, 5) is 34.1. The highest BCUT2D eigenvalue weighted by Crippen LogP contribution is 2.23. The lowest BCUT2D eigenvalue weighted by Gasteiger charge is -2.14. The Morgan fingerprint density at radius 2 is 1.81 bits per heavy atom. The standard InChI is InChI=1S/C18H18N2O6/c1-12-7-9-14(10-8-12)26-13(2)18(22)25-11-17(21)19-15-5-3-4-6-16(15)20(23)24/h3-10,13H,11H2,1-2H3,(H,19,21). The number of hydrogen-bond acceptors (Lipinski definition) is 6. The van der Waals surface area contributed by atoms with Crippen LogP contribution in [0.15, 0.2) is 48.5 Å². The van der Waals surface area contributed by atoms with Crippen molar-refractivity contribution in [1.29, 1.82) is 0 Å². The molecular weight excluding hydrogens is 340 g/mol. The molecule has 0 saturated heterocycles. The first kappa shape index (κ1) is 18.9. The number of anilines is 1. The zero-order valence-corrected chi connectivity index (χ0v) is 14.3. The summed E-state index contributed by atoms with van der Waals surface area (Å²) < 4.78 is 10.3. The van der Waals surface area contributed by atoms with E-state index in [2.05, 4.69) is 5.32 Å². The Kier molecular flexibility index (Phi) is 6.26. The van der Waals surface area contributed by atoms with Gasteiger partial charge in [-0.2, -0.15) is 0 Å². The van der Waals surface area contributed by atoms with E-state index >= 15 is 0 Å². The van der Waals surface area contributed by atoms with Gasteiger partial charge in [-0.15, -0.1) is 0 Å². The molecule has 1 atom stereocenters. The fourth-order valence-electron chi connectivity index (χ4n) is 2.05. The molecule has 0 aliphatic heterocycles. The van der Waals surface area contributed by atoms with Crippen molar-refractivity contribution in [3.05, 3.63) is 64.2 Å². The van der Waals surface area contributed by atoms with Crippen molar-refractivity contribution in [3.63, 3.8) is 0 Å². The van der Waals surface area contributed by atoms with Crippen molar-refractivity contribution in [3.8, 4) is 5.75 Å². The molecule has 0 spiro atoms. The summed E-state index contributed by atoms with van der Waals surface area (Å²) >= 11 is 0. The van der Waals surface area contributed by atoms with Crippen molar-refractivity contribution >= 4 is 23.3 Å². The Morgan fingerprint density at radius 1 is 1.15 bits per heavy atom. The summed E-state index contributed by atoms with van der Waals surface area (Å²) in [6.45, 7) is 2.85. The average Bonchev–Trinajstić information content (AvgIpc) is 2.61. The average molecular weight is 358 g/mol. The molecule has 1 amide bonds. The van der Waals surface area contributed by atoms with Crippen LogP contribution in [-0.4, -0.2) is 29.5 Å². The summed E-state index contributed by atoms with van der Waals surface area (Å²) in [5.41, 5.74) is 0.838. The number of amides is 1. The molecular formula is C18H18N2O6. The third-order valence-electron chi connectivity index (χ3n) is 3.39. The van der Waals surface area contributed by atoms with E-state index < -0.39 is 29.5 Å². The molecule has 8 heteroatoms. The second-order valence-electron chi connectivity index (χ2n) is 5.50. The van der Waals surface area contributed by atoms with Crippen LogP contribution < -0.4 is 10.1 Å². The molecule has 0 aliphatic carbocycles. The summed E-state index contributed by atoms with van der Waals surface area (Å²) in [5.74, 6) is -0.900. The number of para-hydroxylation sites is 2. The van der Waals surface area contributed by atoms with Crippen LogP contribution in [-0.2, 0) is 14.3 Å². The number of benzene rings is 2. The van der Waals surface area contributed by atoms with Crippen LogP contribution in [0.4, 0.5) is 11.4 Å². The highest BCUT2D eigenvalue weighted by atomic mass is 16.6. The minimum Gasteiger partial charge on any atom is -0.479 e. The molecule has 0 aliphatic rings. The molecule has 0 radical (unpaired) electrons. The number of ether oxygens (including phenoxy) is 2. The third-order valence-corrected chi connectivity index (χ3v) is 3.39. The molecule has 1 N–H and O–H groups in total. The maximum absolute atomic E-state index is 11.9. The number of hydrogen-bond donors (Lipinski definition) is 1. The van der Waals surface area contributed by atoms with Gasteiger partial charge in [-0.3, -0.25) is 14.9 Å². The summed E-state index contributed by atoms with van der Waals surface area (Å²) in [6, 6.07) is 12.8. The van der Waals surface area contributed by atoms with Gasteiger partial charge in [0.05, 0.1) is 4.92 Å². The van der Waals surface area contributed by atoms with Gasteiger partial charge in [-0.05, 0) is 32.0 Å². The van der Waals surface area contributed by atoms with Crippen molar-refractivity contribution < 1.29 is 24.0 Å². The van der Waals surface area contributed by atoms with Gasteiger partial charge >= 0.3 is 5.97 Å². The van der Waals surface area contributed by atoms with Gasteiger partial charge in [0.15, 0.2) is 12.7 Å². The monoisotopic (exact) mass is 358 g/mol. The van der Waals surface area contributed by atoms with E-state index in [0.29, 0.717) is 5.75 Å². The Bertz CT molecular complexity index is 804. The Balaban J connectivity index is 1.85. The van der Waals surface area contributed by atoms with Crippen LogP contribution >= 0.6 is 0 Å². The first-order valence-corrected chi connectivity index (χ1v) is 7.80. The number of nitrogens with one attached hydrogen (secondary N) is 1. The van der Waals surface area contributed by atoms with Gasteiger partial charge in [-0.1, -0.05) is 29.8 Å². The van der Waals surface area contributed by atoms with Crippen LogP contribution in [0.3, 0.4) is 0 Å². The molecule has 2 rings (SSSR count). The molecule has 2 aromatic carbocycles. The zero-order chi connectivity index (χ0) is 19.1. The van der Waals surface area contributed by atoms with Crippen LogP contribution in [0.2, 0.25) is 0 Å². The number of aryl methyl sites for hydroxylation is 1. The quantitative estimate of drug-likeness (QED) is 0.463. The fraction of sp³-hybridized carbons (Fsp3) is 0.222. The van der Waals surface area contributed by atoms with Crippen LogP contribution in [0, 0.1) is 17.0 Å². The Morgan fingerprint density at radius 3 is 2.46 bits per heavy atom. The highest BCUT2D eigenvalue weighted by molar-refractivity contribution is 5.95. The molecule has 26 heavy (non-hydrogen) atoms. The summed E-state index contributed by atoms with van der Waals surface area (Å²) in [6.07, 6.45) is -0.906. The highest BCUT2D eigenvalue weighted by Gasteiger charge is 2.19. The number of nitrogens with zero attached hydrogens (tertiary/aromatic N) is 1. The number of rotatable bonds is 7. The van der Waals surface area contributed by atoms with E-state index in [4.69, 9.17) is 9.47 Å². The molecule has 0 fully saturated rings. The lowest BCUT2D eigenvalue weighted by Crippen LogP contribution is -2.29.